The van der Waals surface area contributed by atoms with E-state index in [2.05, 4.69) is 15.9 Å². The van der Waals surface area contributed by atoms with E-state index in [1.165, 1.54) is 0 Å². The molecule has 0 aliphatic heterocycles. The number of halogens is 1. The Bertz CT molecular complexity index is 377. The van der Waals surface area contributed by atoms with E-state index >= 15 is 0 Å². The van der Waals surface area contributed by atoms with E-state index in [0.29, 0.717) is 5.56 Å². The summed E-state index contributed by atoms with van der Waals surface area (Å²) in [4.78, 5) is 19.7. The molecule has 0 aliphatic rings. The highest BCUT2D eigenvalue weighted by Crippen LogP contribution is 2.19. The van der Waals surface area contributed by atoms with E-state index in [-0.39, 0.29) is 0 Å². The lowest BCUT2D eigenvalue weighted by atomic mass is 9.99. The van der Waals surface area contributed by atoms with Gasteiger partial charge in [0.05, 0.1) is 0 Å². The van der Waals surface area contributed by atoms with Crippen molar-refractivity contribution in [3.8, 4) is 0 Å². The SMILES string of the molecule is O=[N+]([O-])CC(C[N+](=O)[O-])c1ccc(Br)cc1. The van der Waals surface area contributed by atoms with Gasteiger partial charge >= 0.3 is 0 Å². The molecular formula is C9H9BrN2O4. The highest BCUT2D eigenvalue weighted by atomic mass is 79.9. The Labute approximate surface area is 99.7 Å². The summed E-state index contributed by atoms with van der Waals surface area (Å²) in [6.07, 6.45) is 0. The quantitative estimate of drug-likeness (QED) is 0.613. The van der Waals surface area contributed by atoms with Crippen LogP contribution in [-0.2, 0) is 0 Å². The van der Waals surface area contributed by atoms with Gasteiger partial charge in [-0.2, -0.15) is 0 Å². The number of nitro groups is 2. The van der Waals surface area contributed by atoms with Crippen LogP contribution in [0.2, 0.25) is 0 Å². The van der Waals surface area contributed by atoms with Gasteiger partial charge in [-0.1, -0.05) is 28.1 Å². The van der Waals surface area contributed by atoms with Crippen LogP contribution >= 0.6 is 15.9 Å². The maximum absolute atomic E-state index is 10.4. The second-order valence-corrected chi connectivity index (χ2v) is 4.19. The first-order chi connectivity index (χ1) is 7.49. The third kappa shape index (κ3) is 3.93. The van der Waals surface area contributed by atoms with E-state index in [1.807, 2.05) is 0 Å². The van der Waals surface area contributed by atoms with Gasteiger partial charge < -0.3 is 0 Å². The van der Waals surface area contributed by atoms with E-state index in [0.717, 1.165) is 4.47 Å². The Morgan fingerprint density at radius 1 is 1.06 bits per heavy atom. The molecule has 0 heterocycles. The van der Waals surface area contributed by atoms with Crippen LogP contribution in [-0.4, -0.2) is 22.9 Å². The van der Waals surface area contributed by atoms with Crippen molar-refractivity contribution in [3.05, 3.63) is 54.5 Å². The molecule has 0 aliphatic carbocycles. The van der Waals surface area contributed by atoms with Crippen LogP contribution in [0.25, 0.3) is 0 Å². The zero-order valence-corrected chi connectivity index (χ0v) is 9.79. The minimum absolute atomic E-state index is 0.428. The lowest BCUT2D eigenvalue weighted by Crippen LogP contribution is -2.20. The van der Waals surface area contributed by atoms with Gasteiger partial charge in [-0.15, -0.1) is 0 Å². The number of nitrogens with zero attached hydrogens (tertiary/aromatic N) is 2. The molecule has 1 aromatic rings. The summed E-state index contributed by atoms with van der Waals surface area (Å²) in [7, 11) is 0. The predicted molar refractivity (Wildman–Crippen MR) is 60.6 cm³/mol. The molecule has 0 fully saturated rings. The van der Waals surface area contributed by atoms with Gasteiger partial charge in [-0.05, 0) is 17.7 Å². The molecule has 86 valence electrons. The molecular weight excluding hydrogens is 280 g/mol. The Morgan fingerprint density at radius 3 is 1.88 bits per heavy atom. The summed E-state index contributed by atoms with van der Waals surface area (Å²) in [5.74, 6) is -0.682. The number of hydrogen-bond donors (Lipinski definition) is 0. The molecule has 0 aromatic heterocycles. The van der Waals surface area contributed by atoms with Crippen LogP contribution in [0.5, 0.6) is 0 Å². The van der Waals surface area contributed by atoms with Gasteiger partial charge in [0.1, 0.15) is 5.92 Å². The van der Waals surface area contributed by atoms with E-state index in [1.54, 1.807) is 24.3 Å². The monoisotopic (exact) mass is 288 g/mol. The van der Waals surface area contributed by atoms with Crippen molar-refractivity contribution in [2.24, 2.45) is 0 Å². The zero-order valence-electron chi connectivity index (χ0n) is 8.21. The second kappa shape index (κ2) is 5.55. The molecule has 0 saturated carbocycles. The predicted octanol–water partition coefficient (Wildman–Crippen LogP) is 2.09. The highest BCUT2D eigenvalue weighted by molar-refractivity contribution is 9.10. The van der Waals surface area contributed by atoms with Gasteiger partial charge in [0, 0.05) is 14.3 Å². The summed E-state index contributed by atoms with van der Waals surface area (Å²) in [6, 6.07) is 6.73. The third-order valence-electron chi connectivity index (χ3n) is 2.08. The van der Waals surface area contributed by atoms with Crippen LogP contribution in [0.1, 0.15) is 11.5 Å². The van der Waals surface area contributed by atoms with E-state index in [9.17, 15) is 20.2 Å². The molecule has 0 atom stereocenters. The first-order valence-corrected chi connectivity index (χ1v) is 5.27. The van der Waals surface area contributed by atoms with Gasteiger partial charge in [0.25, 0.3) is 0 Å². The van der Waals surface area contributed by atoms with Crippen LogP contribution in [0.4, 0.5) is 0 Å². The smallest absolute Gasteiger partial charge is 0.217 e. The molecule has 7 heteroatoms. The lowest BCUT2D eigenvalue weighted by molar-refractivity contribution is -0.516. The Morgan fingerprint density at radius 2 is 1.50 bits per heavy atom. The van der Waals surface area contributed by atoms with Gasteiger partial charge in [-0.3, -0.25) is 20.2 Å². The van der Waals surface area contributed by atoms with Gasteiger partial charge in [-0.25, -0.2) is 0 Å². The summed E-state index contributed by atoms with van der Waals surface area (Å²) in [6.45, 7) is -0.856. The first-order valence-electron chi connectivity index (χ1n) is 4.48. The summed E-state index contributed by atoms with van der Waals surface area (Å²) in [5.41, 5.74) is 0.608. The molecule has 0 spiro atoms. The van der Waals surface area contributed by atoms with Crippen molar-refractivity contribution >= 4 is 15.9 Å². The standard InChI is InChI=1S/C9H9BrN2O4/c10-9-3-1-7(2-4-9)8(5-11(13)14)6-12(15)16/h1-4,8H,5-6H2. The minimum atomic E-state index is -0.682. The molecule has 0 amide bonds. The van der Waals surface area contributed by atoms with Crippen molar-refractivity contribution in [2.75, 3.05) is 13.1 Å². The van der Waals surface area contributed by atoms with Crippen molar-refractivity contribution in [1.29, 1.82) is 0 Å². The topological polar surface area (TPSA) is 86.3 Å². The Balaban J connectivity index is 2.86. The summed E-state index contributed by atoms with van der Waals surface area (Å²) < 4.78 is 0.831. The van der Waals surface area contributed by atoms with Crippen molar-refractivity contribution in [3.63, 3.8) is 0 Å². The van der Waals surface area contributed by atoms with Gasteiger partial charge in [0.2, 0.25) is 13.1 Å². The van der Waals surface area contributed by atoms with Crippen molar-refractivity contribution < 1.29 is 9.85 Å². The fourth-order valence-electron chi connectivity index (χ4n) is 1.36. The largest absolute Gasteiger partial charge is 0.265 e. The molecule has 1 aromatic carbocycles. The highest BCUT2D eigenvalue weighted by Gasteiger charge is 2.23. The lowest BCUT2D eigenvalue weighted by Gasteiger charge is -2.08. The average Bonchev–Trinajstić information content (AvgIpc) is 2.16. The zero-order chi connectivity index (χ0) is 12.1. The van der Waals surface area contributed by atoms with Gasteiger partial charge in [0.15, 0.2) is 0 Å². The van der Waals surface area contributed by atoms with Crippen LogP contribution in [0, 0.1) is 20.2 Å². The van der Waals surface area contributed by atoms with Crippen LogP contribution in [0.15, 0.2) is 28.7 Å². The molecule has 0 bridgehead atoms. The fourth-order valence-corrected chi connectivity index (χ4v) is 1.63. The molecule has 0 N–H and O–H groups in total. The number of benzene rings is 1. The summed E-state index contributed by atoms with van der Waals surface area (Å²) in [5, 5.41) is 20.8. The molecule has 0 saturated heterocycles. The number of rotatable bonds is 5. The average molecular weight is 289 g/mol. The molecule has 0 radical (unpaired) electrons. The van der Waals surface area contributed by atoms with Crippen molar-refractivity contribution in [1.82, 2.24) is 0 Å². The normalized spacial score (nSPS) is 10.4. The Kier molecular flexibility index (Phi) is 4.36. The fraction of sp³-hybridized carbons (Fsp3) is 0.333. The molecule has 1 rings (SSSR count). The maximum atomic E-state index is 10.4. The third-order valence-corrected chi connectivity index (χ3v) is 2.61. The van der Waals surface area contributed by atoms with E-state index < -0.39 is 28.9 Å². The van der Waals surface area contributed by atoms with Crippen LogP contribution in [0.3, 0.4) is 0 Å². The first kappa shape index (κ1) is 12.6. The molecule has 16 heavy (non-hydrogen) atoms. The maximum Gasteiger partial charge on any atom is 0.217 e. The minimum Gasteiger partial charge on any atom is -0.265 e. The summed E-state index contributed by atoms with van der Waals surface area (Å²) >= 11 is 3.23. The van der Waals surface area contributed by atoms with Crippen LogP contribution < -0.4 is 0 Å². The van der Waals surface area contributed by atoms with E-state index in [4.69, 9.17) is 0 Å². The van der Waals surface area contributed by atoms with Crippen molar-refractivity contribution in [2.45, 2.75) is 5.92 Å². The second-order valence-electron chi connectivity index (χ2n) is 3.28. The number of hydrogen-bond acceptors (Lipinski definition) is 4. The molecule has 0 unspecified atom stereocenters. The Hall–Kier alpha value is -1.50. The molecule has 6 nitrogen and oxygen atoms in total.